The van der Waals surface area contributed by atoms with E-state index in [4.69, 9.17) is 4.74 Å². The van der Waals surface area contributed by atoms with Crippen molar-refractivity contribution in [2.24, 2.45) is 5.92 Å². The molecule has 182 valence electrons. The van der Waals surface area contributed by atoms with Gasteiger partial charge in [-0.1, -0.05) is 67.5 Å². The third kappa shape index (κ3) is 11.4. The zero-order valence-electron chi connectivity index (χ0n) is 20.5. The average molecular weight is 459 g/mol. The quantitative estimate of drug-likeness (QED) is 0.369. The van der Waals surface area contributed by atoms with Crippen LogP contribution in [0.1, 0.15) is 78.4 Å². The van der Waals surface area contributed by atoms with Gasteiger partial charge in [0, 0.05) is 0 Å². The molecule has 0 aliphatic carbocycles. The van der Waals surface area contributed by atoms with E-state index in [1.807, 2.05) is 47.6 Å². The molecule has 0 heterocycles. The predicted octanol–water partition coefficient (Wildman–Crippen LogP) is 8.60. The molecule has 0 aliphatic heterocycles. The summed E-state index contributed by atoms with van der Waals surface area (Å²) in [4.78, 5) is 0. The maximum absolute atomic E-state index is 13.4. The SMILES string of the molecule is CC.CC(C)COc1cc(C(C)C)ccc1F.CC(C)c1ccc(F)c(OCC(F)F)c1. The molecule has 0 amide bonds. The predicted molar refractivity (Wildman–Crippen MR) is 124 cm³/mol. The topological polar surface area (TPSA) is 18.5 Å². The van der Waals surface area contributed by atoms with Gasteiger partial charge in [0.2, 0.25) is 0 Å². The van der Waals surface area contributed by atoms with E-state index in [1.165, 1.54) is 18.2 Å². The van der Waals surface area contributed by atoms with Crippen LogP contribution in [0, 0.1) is 17.6 Å². The molecule has 2 aromatic rings. The molecule has 0 radical (unpaired) electrons. The summed E-state index contributed by atoms with van der Waals surface area (Å²) in [6.45, 7) is 15.9. The Morgan fingerprint density at radius 3 is 1.34 bits per heavy atom. The minimum absolute atomic E-state index is 0.110. The van der Waals surface area contributed by atoms with E-state index >= 15 is 0 Å². The van der Waals surface area contributed by atoms with Gasteiger partial charge in [0.15, 0.2) is 23.1 Å². The fourth-order valence-corrected chi connectivity index (χ4v) is 2.39. The molecule has 0 bridgehead atoms. The van der Waals surface area contributed by atoms with Crippen molar-refractivity contribution in [1.82, 2.24) is 0 Å². The Morgan fingerprint density at radius 2 is 1.03 bits per heavy atom. The summed E-state index contributed by atoms with van der Waals surface area (Å²) in [5.74, 6) is 0.384. The average Bonchev–Trinajstić information content (AvgIpc) is 2.74. The van der Waals surface area contributed by atoms with Gasteiger partial charge in [-0.3, -0.25) is 0 Å². The molecule has 0 N–H and O–H groups in total. The maximum Gasteiger partial charge on any atom is 0.272 e. The molecule has 0 aromatic heterocycles. The van der Waals surface area contributed by atoms with E-state index in [-0.39, 0.29) is 17.5 Å². The smallest absolute Gasteiger partial charge is 0.272 e. The van der Waals surface area contributed by atoms with Crippen molar-refractivity contribution in [3.8, 4) is 11.5 Å². The van der Waals surface area contributed by atoms with Crippen LogP contribution >= 0.6 is 0 Å². The van der Waals surface area contributed by atoms with Crippen LogP contribution in [0.15, 0.2) is 36.4 Å². The van der Waals surface area contributed by atoms with Gasteiger partial charge >= 0.3 is 0 Å². The van der Waals surface area contributed by atoms with Gasteiger partial charge < -0.3 is 9.47 Å². The molecular weight excluding hydrogens is 420 g/mol. The molecule has 0 saturated carbocycles. The summed E-state index contributed by atoms with van der Waals surface area (Å²) in [6.07, 6.45) is -2.59. The number of alkyl halides is 2. The number of halogens is 4. The Balaban J connectivity index is 0.000000557. The van der Waals surface area contributed by atoms with Crippen molar-refractivity contribution < 1.29 is 27.0 Å². The van der Waals surface area contributed by atoms with Crippen LogP contribution < -0.4 is 9.47 Å². The fraction of sp³-hybridized carbons (Fsp3) is 0.538. The Bertz CT molecular complexity index is 709. The standard InChI is InChI=1S/C13H19FO.C11H13F3O.C2H6/c1-9(2)8-15-13-7-11(10(3)4)5-6-12(13)14;1-7(2)8-3-4-9(12)10(5-8)15-6-11(13)14;1-2/h5-7,9-10H,8H2,1-4H3;3-5,7,11H,6H2,1-2H3;1-2H3. The van der Waals surface area contributed by atoms with Gasteiger partial charge in [0.05, 0.1) is 6.61 Å². The van der Waals surface area contributed by atoms with Crippen LogP contribution in [0.2, 0.25) is 0 Å². The van der Waals surface area contributed by atoms with Crippen LogP contribution in [-0.2, 0) is 0 Å². The molecule has 32 heavy (non-hydrogen) atoms. The van der Waals surface area contributed by atoms with Crippen LogP contribution in [0.25, 0.3) is 0 Å². The lowest BCUT2D eigenvalue weighted by molar-refractivity contribution is 0.0798. The minimum Gasteiger partial charge on any atom is -0.490 e. The number of benzene rings is 2. The fourth-order valence-electron chi connectivity index (χ4n) is 2.39. The third-order valence-corrected chi connectivity index (χ3v) is 4.18. The largest absolute Gasteiger partial charge is 0.490 e. The Morgan fingerprint density at radius 1 is 0.656 bits per heavy atom. The van der Waals surface area contributed by atoms with Crippen molar-refractivity contribution in [2.45, 2.75) is 73.7 Å². The van der Waals surface area contributed by atoms with E-state index in [1.54, 1.807) is 12.1 Å². The summed E-state index contributed by atoms with van der Waals surface area (Å²) < 4.78 is 60.3. The van der Waals surface area contributed by atoms with E-state index in [9.17, 15) is 17.6 Å². The zero-order chi connectivity index (χ0) is 24.8. The van der Waals surface area contributed by atoms with Crippen molar-refractivity contribution in [3.05, 3.63) is 59.2 Å². The highest BCUT2D eigenvalue weighted by Gasteiger charge is 2.10. The molecule has 2 nitrogen and oxygen atoms in total. The van der Waals surface area contributed by atoms with Gasteiger partial charge in [0.25, 0.3) is 6.43 Å². The highest BCUT2D eigenvalue weighted by atomic mass is 19.3. The number of ether oxygens (including phenoxy) is 2. The number of rotatable bonds is 8. The molecule has 2 rings (SSSR count). The van der Waals surface area contributed by atoms with Gasteiger partial charge in [-0.05, 0) is 53.1 Å². The summed E-state index contributed by atoms with van der Waals surface area (Å²) >= 11 is 0. The third-order valence-electron chi connectivity index (χ3n) is 4.18. The van der Waals surface area contributed by atoms with Gasteiger partial charge in [-0.25, -0.2) is 17.6 Å². The molecule has 0 spiro atoms. The molecule has 2 aromatic carbocycles. The summed E-state index contributed by atoms with van der Waals surface area (Å²) in [7, 11) is 0. The van der Waals surface area contributed by atoms with Crippen molar-refractivity contribution in [2.75, 3.05) is 13.2 Å². The van der Waals surface area contributed by atoms with Crippen molar-refractivity contribution in [3.63, 3.8) is 0 Å². The summed E-state index contributed by atoms with van der Waals surface area (Å²) in [5.41, 5.74) is 1.97. The summed E-state index contributed by atoms with van der Waals surface area (Å²) in [6, 6.07) is 9.39. The second-order valence-electron chi connectivity index (χ2n) is 8.10. The van der Waals surface area contributed by atoms with Crippen LogP contribution in [0.5, 0.6) is 11.5 Å². The van der Waals surface area contributed by atoms with Crippen LogP contribution in [-0.4, -0.2) is 19.6 Å². The Labute approximate surface area is 190 Å². The number of hydrogen-bond acceptors (Lipinski definition) is 2. The van der Waals surface area contributed by atoms with Gasteiger partial charge in [0.1, 0.15) is 6.61 Å². The second kappa shape index (κ2) is 15.5. The molecule has 0 aliphatic rings. The van der Waals surface area contributed by atoms with Crippen molar-refractivity contribution >= 4 is 0 Å². The first-order valence-electron chi connectivity index (χ1n) is 11.1. The molecule has 0 atom stereocenters. The van der Waals surface area contributed by atoms with E-state index in [0.717, 1.165) is 11.1 Å². The van der Waals surface area contributed by atoms with Gasteiger partial charge in [-0.2, -0.15) is 0 Å². The lowest BCUT2D eigenvalue weighted by Crippen LogP contribution is -2.08. The van der Waals surface area contributed by atoms with Crippen molar-refractivity contribution in [1.29, 1.82) is 0 Å². The molecule has 6 heteroatoms. The second-order valence-corrected chi connectivity index (χ2v) is 8.10. The highest BCUT2D eigenvalue weighted by Crippen LogP contribution is 2.25. The minimum atomic E-state index is -2.59. The Kier molecular flexibility index (Phi) is 14.5. The normalized spacial score (nSPS) is 10.6. The number of hydrogen-bond donors (Lipinski definition) is 0. The molecule has 0 saturated heterocycles. The summed E-state index contributed by atoms with van der Waals surface area (Å²) in [5, 5.41) is 0. The van der Waals surface area contributed by atoms with E-state index in [0.29, 0.717) is 24.2 Å². The molecule has 0 unspecified atom stereocenters. The first kappa shape index (κ1) is 29.8. The zero-order valence-corrected chi connectivity index (χ0v) is 20.5. The van der Waals surface area contributed by atoms with E-state index < -0.39 is 18.8 Å². The van der Waals surface area contributed by atoms with Crippen LogP contribution in [0.3, 0.4) is 0 Å². The first-order chi connectivity index (χ1) is 15.0. The van der Waals surface area contributed by atoms with E-state index in [2.05, 4.69) is 18.6 Å². The maximum atomic E-state index is 13.4. The molecule has 0 fully saturated rings. The highest BCUT2D eigenvalue weighted by molar-refractivity contribution is 5.32. The van der Waals surface area contributed by atoms with Gasteiger partial charge in [-0.15, -0.1) is 0 Å². The lowest BCUT2D eigenvalue weighted by Gasteiger charge is -2.12. The monoisotopic (exact) mass is 458 g/mol. The van der Waals surface area contributed by atoms with Crippen LogP contribution in [0.4, 0.5) is 17.6 Å². The first-order valence-corrected chi connectivity index (χ1v) is 11.1. The Hall–Kier alpha value is -2.24. The lowest BCUT2D eigenvalue weighted by atomic mass is 10.0. The molecular formula is C26H38F4O2.